The van der Waals surface area contributed by atoms with E-state index in [0.717, 1.165) is 23.4 Å². The lowest BCUT2D eigenvalue weighted by atomic mass is 10.1. The smallest absolute Gasteiger partial charge is 0.172 e. The molecule has 0 saturated heterocycles. The quantitative estimate of drug-likeness (QED) is 0.736. The van der Waals surface area contributed by atoms with Crippen LogP contribution in [-0.2, 0) is 6.42 Å². The third-order valence-electron chi connectivity index (χ3n) is 3.60. The maximum atomic E-state index is 9.23. The van der Waals surface area contributed by atoms with E-state index in [9.17, 15) is 5.26 Å². The van der Waals surface area contributed by atoms with Gasteiger partial charge in [0.15, 0.2) is 5.65 Å². The third-order valence-corrected chi connectivity index (χ3v) is 4.03. The minimum absolute atomic E-state index is 0.551. The van der Waals surface area contributed by atoms with Crippen molar-refractivity contribution in [2.24, 2.45) is 0 Å². The lowest BCUT2D eigenvalue weighted by Crippen LogP contribution is -2.03. The Morgan fingerprint density at radius 2 is 2.00 bits per heavy atom. The van der Waals surface area contributed by atoms with E-state index in [2.05, 4.69) is 28.3 Å². The molecule has 3 rings (SSSR count). The van der Waals surface area contributed by atoms with E-state index in [1.54, 1.807) is 4.52 Å². The zero-order valence-electron chi connectivity index (χ0n) is 11.8. The van der Waals surface area contributed by atoms with Crippen molar-refractivity contribution in [3.63, 3.8) is 0 Å². The first-order chi connectivity index (χ1) is 10.1. The number of H-pyrrole nitrogens is 1. The topological polar surface area (TPSA) is 56.9 Å². The zero-order chi connectivity index (χ0) is 15.0. The Kier molecular flexibility index (Phi) is 3.32. The highest BCUT2D eigenvalue weighted by molar-refractivity contribution is 7.71. The Balaban J connectivity index is 2.22. The Morgan fingerprint density at radius 1 is 1.29 bits per heavy atom. The van der Waals surface area contributed by atoms with Gasteiger partial charge in [0.1, 0.15) is 16.3 Å². The van der Waals surface area contributed by atoms with Crippen molar-refractivity contribution in [2.75, 3.05) is 0 Å². The fraction of sp³-hybridized carbons (Fsp3) is 0.188. The number of fused-ring (bicyclic) bond motifs is 1. The highest BCUT2D eigenvalue weighted by Crippen LogP contribution is 2.19. The van der Waals surface area contributed by atoms with E-state index in [-0.39, 0.29) is 0 Å². The molecule has 0 aliphatic rings. The Labute approximate surface area is 127 Å². The molecule has 1 aromatic carbocycles. The Bertz CT molecular complexity index is 913. The van der Waals surface area contributed by atoms with Crippen molar-refractivity contribution in [1.82, 2.24) is 14.6 Å². The summed E-state index contributed by atoms with van der Waals surface area (Å²) < 4.78 is 2.42. The number of nitrogens with zero attached hydrogens (tertiary/aromatic N) is 3. The monoisotopic (exact) mass is 294 g/mol. The summed E-state index contributed by atoms with van der Waals surface area (Å²) in [5, 5.41) is 12.4. The van der Waals surface area contributed by atoms with Gasteiger partial charge >= 0.3 is 0 Å². The van der Waals surface area contributed by atoms with Crippen LogP contribution in [0.4, 0.5) is 0 Å². The molecule has 0 saturated carbocycles. The van der Waals surface area contributed by atoms with Gasteiger partial charge in [0.25, 0.3) is 0 Å². The van der Waals surface area contributed by atoms with E-state index < -0.39 is 0 Å². The molecule has 1 N–H and O–H groups in total. The molecular formula is C16H14N4S. The standard InChI is InChI=1S/C16H14N4S/c1-10-13(8-12-6-4-3-5-7-12)16(21)20-15(18-10)14(9-17)11(2)19-20/h3-7,19H,8H2,1-2H3. The summed E-state index contributed by atoms with van der Waals surface area (Å²) in [6.07, 6.45) is 0.738. The number of nitrogens with one attached hydrogen (secondary N) is 1. The zero-order valence-corrected chi connectivity index (χ0v) is 12.7. The van der Waals surface area contributed by atoms with Gasteiger partial charge in [-0.3, -0.25) is 5.10 Å². The van der Waals surface area contributed by atoms with Crippen molar-refractivity contribution < 1.29 is 0 Å². The second kappa shape index (κ2) is 5.15. The van der Waals surface area contributed by atoms with Gasteiger partial charge in [-0.05, 0) is 19.4 Å². The van der Waals surface area contributed by atoms with Crippen molar-refractivity contribution in [2.45, 2.75) is 20.3 Å². The first-order valence-electron chi connectivity index (χ1n) is 6.66. The predicted octanol–water partition coefficient (Wildman–Crippen LogP) is 3.47. The molecule has 0 aliphatic carbocycles. The molecule has 0 fully saturated rings. The molecule has 0 radical (unpaired) electrons. The van der Waals surface area contributed by atoms with E-state index in [1.807, 2.05) is 32.0 Å². The highest BCUT2D eigenvalue weighted by atomic mass is 32.1. The van der Waals surface area contributed by atoms with Gasteiger partial charge in [-0.15, -0.1) is 0 Å². The number of aromatic nitrogens is 3. The van der Waals surface area contributed by atoms with Gasteiger partial charge in [-0.1, -0.05) is 42.5 Å². The van der Waals surface area contributed by atoms with Gasteiger partial charge in [0, 0.05) is 17.7 Å². The summed E-state index contributed by atoms with van der Waals surface area (Å²) in [4.78, 5) is 4.57. The van der Waals surface area contributed by atoms with E-state index in [0.29, 0.717) is 15.9 Å². The van der Waals surface area contributed by atoms with Crippen molar-refractivity contribution in [3.8, 4) is 6.07 Å². The lowest BCUT2D eigenvalue weighted by molar-refractivity contribution is 0.871. The van der Waals surface area contributed by atoms with Crippen LogP contribution in [0, 0.1) is 29.8 Å². The van der Waals surface area contributed by atoms with Crippen LogP contribution in [-0.4, -0.2) is 14.6 Å². The minimum Gasteiger partial charge on any atom is -0.294 e. The molecule has 5 heteroatoms. The maximum Gasteiger partial charge on any atom is 0.172 e. The van der Waals surface area contributed by atoms with Gasteiger partial charge in [-0.2, -0.15) is 5.26 Å². The molecular weight excluding hydrogens is 280 g/mol. The molecule has 0 unspecified atom stereocenters. The summed E-state index contributed by atoms with van der Waals surface area (Å²) in [6.45, 7) is 3.80. The maximum absolute atomic E-state index is 9.23. The average Bonchev–Trinajstić information content (AvgIpc) is 2.80. The van der Waals surface area contributed by atoms with Gasteiger partial charge in [0.05, 0.1) is 5.69 Å². The number of rotatable bonds is 2. The molecule has 2 aromatic heterocycles. The molecule has 0 spiro atoms. The number of hydrogen-bond donors (Lipinski definition) is 1. The second-order valence-electron chi connectivity index (χ2n) is 5.03. The Hall–Kier alpha value is -2.45. The summed E-state index contributed by atoms with van der Waals surface area (Å²) in [7, 11) is 0. The van der Waals surface area contributed by atoms with Gasteiger partial charge in [-0.25, -0.2) is 9.50 Å². The van der Waals surface area contributed by atoms with Crippen LogP contribution in [0.5, 0.6) is 0 Å². The lowest BCUT2D eigenvalue weighted by Gasteiger charge is -2.07. The van der Waals surface area contributed by atoms with Crippen LogP contribution >= 0.6 is 12.2 Å². The van der Waals surface area contributed by atoms with Crippen LogP contribution in [0.3, 0.4) is 0 Å². The van der Waals surface area contributed by atoms with Crippen molar-refractivity contribution in [1.29, 1.82) is 5.26 Å². The highest BCUT2D eigenvalue weighted by Gasteiger charge is 2.14. The van der Waals surface area contributed by atoms with Crippen LogP contribution < -0.4 is 0 Å². The van der Waals surface area contributed by atoms with Crippen LogP contribution in [0.25, 0.3) is 5.65 Å². The average molecular weight is 294 g/mol. The summed E-state index contributed by atoms with van der Waals surface area (Å²) in [6, 6.07) is 12.3. The molecule has 2 heterocycles. The fourth-order valence-electron chi connectivity index (χ4n) is 2.46. The summed E-state index contributed by atoms with van der Waals surface area (Å²) in [5.41, 5.74) is 5.02. The largest absolute Gasteiger partial charge is 0.294 e. The third kappa shape index (κ3) is 2.24. The number of hydrogen-bond acceptors (Lipinski definition) is 3. The second-order valence-corrected chi connectivity index (χ2v) is 5.41. The number of aromatic amines is 1. The van der Waals surface area contributed by atoms with Crippen molar-refractivity contribution in [3.05, 3.63) is 63.1 Å². The normalized spacial score (nSPS) is 10.7. The van der Waals surface area contributed by atoms with Gasteiger partial charge in [0.2, 0.25) is 0 Å². The van der Waals surface area contributed by atoms with Crippen LogP contribution in [0.15, 0.2) is 30.3 Å². The summed E-state index contributed by atoms with van der Waals surface area (Å²) in [5.74, 6) is 0. The first kappa shape index (κ1) is 13.5. The molecule has 0 atom stereocenters. The number of nitriles is 1. The molecule has 104 valence electrons. The molecule has 0 bridgehead atoms. The SMILES string of the molecule is Cc1nc2c(C#N)c(C)[nH]n2c(=S)c1Cc1ccccc1. The Morgan fingerprint density at radius 3 is 2.67 bits per heavy atom. The fourth-order valence-corrected chi connectivity index (χ4v) is 2.81. The van der Waals surface area contributed by atoms with Crippen LogP contribution in [0.2, 0.25) is 0 Å². The number of aryl methyl sites for hydroxylation is 2. The molecule has 21 heavy (non-hydrogen) atoms. The summed E-state index contributed by atoms with van der Waals surface area (Å²) >= 11 is 5.58. The molecule has 3 aromatic rings. The first-order valence-corrected chi connectivity index (χ1v) is 7.07. The molecule has 4 nitrogen and oxygen atoms in total. The van der Waals surface area contributed by atoms with E-state index in [1.165, 1.54) is 5.56 Å². The van der Waals surface area contributed by atoms with Crippen molar-refractivity contribution >= 4 is 17.9 Å². The number of benzene rings is 1. The molecule has 0 amide bonds. The van der Waals surface area contributed by atoms with Gasteiger partial charge < -0.3 is 0 Å². The van der Waals surface area contributed by atoms with E-state index >= 15 is 0 Å². The van der Waals surface area contributed by atoms with E-state index in [4.69, 9.17) is 12.2 Å². The molecule has 0 aliphatic heterocycles. The van der Waals surface area contributed by atoms with Crippen LogP contribution in [0.1, 0.15) is 28.1 Å². The predicted molar refractivity (Wildman–Crippen MR) is 83.8 cm³/mol. The minimum atomic E-state index is 0.551.